The van der Waals surface area contributed by atoms with Crippen molar-refractivity contribution in [1.82, 2.24) is 0 Å². The van der Waals surface area contributed by atoms with Gasteiger partial charge in [0.15, 0.2) is 0 Å². The maximum Gasteiger partial charge on any atom is 0.311 e. The summed E-state index contributed by atoms with van der Waals surface area (Å²) < 4.78 is 4.39. The molecule has 1 aliphatic carbocycles. The number of ether oxygens (including phenoxy) is 1. The van der Waals surface area contributed by atoms with Crippen molar-refractivity contribution in [2.45, 2.75) is 30.8 Å². The van der Waals surface area contributed by atoms with Crippen LogP contribution in [0.25, 0.3) is 0 Å². The Bertz CT molecular complexity index is 218. The van der Waals surface area contributed by atoms with Gasteiger partial charge in [-0.1, -0.05) is 0 Å². The highest BCUT2D eigenvalue weighted by atomic mass is 16.5. The molecule has 6 heteroatoms. The van der Waals surface area contributed by atoms with Gasteiger partial charge in [0.2, 0.25) is 0 Å². The summed E-state index contributed by atoms with van der Waals surface area (Å²) in [5.41, 5.74) is 0. The Morgan fingerprint density at radius 2 is 1.71 bits per heavy atom. The number of esters is 1. The number of hydrogen-bond acceptors (Lipinski definition) is 6. The Labute approximate surface area is 80.7 Å². The summed E-state index contributed by atoms with van der Waals surface area (Å²) in [6.07, 6.45) is -5.70. The van der Waals surface area contributed by atoms with Gasteiger partial charge in [-0.3, -0.25) is 4.79 Å². The number of carbonyl (C=O) groups excluding carboxylic acids is 1. The molecule has 0 aliphatic heterocycles. The van der Waals surface area contributed by atoms with Gasteiger partial charge < -0.3 is 25.2 Å². The predicted octanol–water partition coefficient (Wildman–Crippen LogP) is -2.38. The lowest BCUT2D eigenvalue weighted by Gasteiger charge is -2.36. The first-order chi connectivity index (χ1) is 6.49. The van der Waals surface area contributed by atoms with Crippen LogP contribution in [0.15, 0.2) is 0 Å². The summed E-state index contributed by atoms with van der Waals surface area (Å²) in [4.78, 5) is 11.1. The van der Waals surface area contributed by atoms with Gasteiger partial charge in [0.1, 0.15) is 12.2 Å². The third kappa shape index (κ3) is 1.88. The van der Waals surface area contributed by atoms with Crippen molar-refractivity contribution in [3.63, 3.8) is 0 Å². The van der Waals surface area contributed by atoms with Crippen molar-refractivity contribution < 1.29 is 30.0 Å². The van der Waals surface area contributed by atoms with Crippen molar-refractivity contribution in [2.75, 3.05) is 7.11 Å². The molecule has 2 unspecified atom stereocenters. The first kappa shape index (κ1) is 11.4. The lowest BCUT2D eigenvalue weighted by Crippen LogP contribution is -2.55. The van der Waals surface area contributed by atoms with Crippen LogP contribution < -0.4 is 0 Å². The van der Waals surface area contributed by atoms with Crippen LogP contribution >= 0.6 is 0 Å². The van der Waals surface area contributed by atoms with E-state index in [1.54, 1.807) is 0 Å². The zero-order valence-corrected chi connectivity index (χ0v) is 7.70. The minimum absolute atomic E-state index is 0.119. The molecule has 14 heavy (non-hydrogen) atoms. The number of carbonyl (C=O) groups is 1. The molecule has 0 aromatic carbocycles. The van der Waals surface area contributed by atoms with E-state index < -0.39 is 36.3 Å². The van der Waals surface area contributed by atoms with Gasteiger partial charge >= 0.3 is 5.97 Å². The van der Waals surface area contributed by atoms with E-state index in [1.165, 1.54) is 0 Å². The molecule has 0 radical (unpaired) electrons. The average Bonchev–Trinajstić information content (AvgIpc) is 2.19. The van der Waals surface area contributed by atoms with Crippen molar-refractivity contribution in [3.05, 3.63) is 0 Å². The Balaban J connectivity index is 2.75. The molecule has 0 amide bonds. The van der Waals surface area contributed by atoms with E-state index in [1.807, 2.05) is 0 Å². The quantitative estimate of drug-likeness (QED) is 0.357. The van der Waals surface area contributed by atoms with Gasteiger partial charge in [0, 0.05) is 0 Å². The van der Waals surface area contributed by atoms with Crippen molar-refractivity contribution in [2.24, 2.45) is 5.92 Å². The third-order valence-corrected chi connectivity index (χ3v) is 2.51. The smallest absolute Gasteiger partial charge is 0.311 e. The molecule has 6 nitrogen and oxygen atoms in total. The number of hydrogen-bond donors (Lipinski definition) is 4. The van der Waals surface area contributed by atoms with E-state index in [9.17, 15) is 25.2 Å². The van der Waals surface area contributed by atoms with Crippen LogP contribution in [-0.2, 0) is 9.53 Å². The first-order valence-electron chi connectivity index (χ1n) is 4.29. The highest BCUT2D eigenvalue weighted by molar-refractivity contribution is 5.73. The van der Waals surface area contributed by atoms with Crippen molar-refractivity contribution in [3.8, 4) is 0 Å². The van der Waals surface area contributed by atoms with Crippen LogP contribution in [0.1, 0.15) is 6.42 Å². The standard InChI is InChI=1S/C8H14O6/c1-14-8(13)3-2-4(9)6(11)7(12)5(3)10/h3-7,9-12H,2H2,1H3/t3?,4-,5+,6?,7+/m1/s1. The van der Waals surface area contributed by atoms with E-state index in [4.69, 9.17) is 0 Å². The lowest BCUT2D eigenvalue weighted by molar-refractivity contribution is -0.180. The Morgan fingerprint density at radius 3 is 2.21 bits per heavy atom. The van der Waals surface area contributed by atoms with Crippen LogP contribution in [0.4, 0.5) is 0 Å². The average molecular weight is 206 g/mol. The van der Waals surface area contributed by atoms with E-state index in [2.05, 4.69) is 4.74 Å². The Kier molecular flexibility index (Phi) is 3.43. The molecule has 1 fully saturated rings. The first-order valence-corrected chi connectivity index (χ1v) is 4.29. The Morgan fingerprint density at radius 1 is 1.14 bits per heavy atom. The minimum Gasteiger partial charge on any atom is -0.469 e. The fraction of sp³-hybridized carbons (Fsp3) is 0.875. The van der Waals surface area contributed by atoms with Crippen LogP contribution in [0.3, 0.4) is 0 Å². The van der Waals surface area contributed by atoms with Crippen molar-refractivity contribution >= 4 is 5.97 Å². The highest BCUT2D eigenvalue weighted by Gasteiger charge is 2.45. The second kappa shape index (κ2) is 4.22. The molecule has 82 valence electrons. The number of aliphatic hydroxyl groups excluding tert-OH is 4. The summed E-state index contributed by atoms with van der Waals surface area (Å²) in [7, 11) is 1.15. The SMILES string of the molecule is COC(=O)C1C[C@@H](O)C(O)[C@@H](O)[C@H]1O. The molecule has 0 aromatic rings. The third-order valence-electron chi connectivity index (χ3n) is 2.51. The highest BCUT2D eigenvalue weighted by Crippen LogP contribution is 2.26. The van der Waals surface area contributed by atoms with E-state index in [0.29, 0.717) is 0 Å². The van der Waals surface area contributed by atoms with Crippen LogP contribution in [0.5, 0.6) is 0 Å². The molecule has 0 spiro atoms. The molecule has 5 atom stereocenters. The minimum atomic E-state index is -1.53. The summed E-state index contributed by atoms with van der Waals surface area (Å²) in [6, 6.07) is 0. The normalized spacial score (nSPS) is 43.4. The number of methoxy groups -OCH3 is 1. The monoisotopic (exact) mass is 206 g/mol. The molecular formula is C8H14O6. The van der Waals surface area contributed by atoms with Gasteiger partial charge in [-0.05, 0) is 6.42 Å². The summed E-state index contributed by atoms with van der Waals surface area (Å²) in [5.74, 6) is -1.70. The number of rotatable bonds is 1. The van der Waals surface area contributed by atoms with Gasteiger partial charge in [-0.15, -0.1) is 0 Å². The van der Waals surface area contributed by atoms with Crippen molar-refractivity contribution in [1.29, 1.82) is 0 Å². The molecule has 0 bridgehead atoms. The fourth-order valence-electron chi connectivity index (χ4n) is 1.59. The maximum atomic E-state index is 11.1. The van der Waals surface area contributed by atoms with Crippen LogP contribution in [0.2, 0.25) is 0 Å². The van der Waals surface area contributed by atoms with Crippen LogP contribution in [0, 0.1) is 5.92 Å². The lowest BCUT2D eigenvalue weighted by atomic mass is 9.81. The van der Waals surface area contributed by atoms with E-state index in [0.717, 1.165) is 7.11 Å². The van der Waals surface area contributed by atoms with Gasteiger partial charge in [0.25, 0.3) is 0 Å². The molecular weight excluding hydrogens is 192 g/mol. The summed E-state index contributed by atoms with van der Waals surface area (Å²) in [5, 5.41) is 37.1. The molecule has 1 aliphatic rings. The molecule has 0 heterocycles. The zero-order chi connectivity index (χ0) is 10.9. The molecule has 1 rings (SSSR count). The maximum absolute atomic E-state index is 11.1. The second-order valence-electron chi connectivity index (χ2n) is 3.40. The molecule has 0 aromatic heterocycles. The van der Waals surface area contributed by atoms with Gasteiger partial charge in [-0.25, -0.2) is 0 Å². The largest absolute Gasteiger partial charge is 0.469 e. The summed E-state index contributed by atoms with van der Waals surface area (Å²) in [6.45, 7) is 0. The number of aliphatic hydroxyl groups is 4. The van der Waals surface area contributed by atoms with E-state index >= 15 is 0 Å². The topological polar surface area (TPSA) is 107 Å². The van der Waals surface area contributed by atoms with E-state index in [-0.39, 0.29) is 6.42 Å². The predicted molar refractivity (Wildman–Crippen MR) is 44.2 cm³/mol. The molecule has 0 saturated heterocycles. The Hall–Kier alpha value is -0.690. The molecule has 4 N–H and O–H groups in total. The molecule has 1 saturated carbocycles. The van der Waals surface area contributed by atoms with Gasteiger partial charge in [0.05, 0.1) is 25.2 Å². The zero-order valence-electron chi connectivity index (χ0n) is 7.70. The van der Waals surface area contributed by atoms with Gasteiger partial charge in [-0.2, -0.15) is 0 Å². The second-order valence-corrected chi connectivity index (χ2v) is 3.40. The van der Waals surface area contributed by atoms with Crippen LogP contribution in [-0.4, -0.2) is 57.9 Å². The fourth-order valence-corrected chi connectivity index (χ4v) is 1.59. The summed E-state index contributed by atoms with van der Waals surface area (Å²) >= 11 is 0.